The first-order valence-corrected chi connectivity index (χ1v) is 7.10. The summed E-state index contributed by atoms with van der Waals surface area (Å²) in [5, 5.41) is 5.67. The highest BCUT2D eigenvalue weighted by Gasteiger charge is 2.36. The van der Waals surface area contributed by atoms with Crippen LogP contribution in [0.15, 0.2) is 28.4 Å². The first-order valence-electron chi connectivity index (χ1n) is 6.73. The predicted octanol–water partition coefficient (Wildman–Crippen LogP) is 3.36. The molecule has 8 heteroatoms. The molecule has 1 atom stereocenters. The van der Waals surface area contributed by atoms with E-state index >= 15 is 0 Å². The molecule has 0 rings (SSSR count). The van der Waals surface area contributed by atoms with E-state index in [0.29, 0.717) is 5.03 Å². The Morgan fingerprint density at radius 3 is 2.55 bits per heavy atom. The van der Waals surface area contributed by atoms with Crippen LogP contribution < -0.4 is 10.6 Å². The van der Waals surface area contributed by atoms with Crippen LogP contribution in [-0.2, 0) is 4.79 Å². The second kappa shape index (κ2) is 10.3. The van der Waals surface area contributed by atoms with Crippen LogP contribution in [0.25, 0.3) is 0 Å². The van der Waals surface area contributed by atoms with Crippen molar-refractivity contribution < 1.29 is 18.0 Å². The Hall–Kier alpha value is -1.50. The van der Waals surface area contributed by atoms with E-state index in [-0.39, 0.29) is 31.1 Å². The van der Waals surface area contributed by atoms with Crippen LogP contribution in [0.3, 0.4) is 0 Å². The fourth-order valence-electron chi connectivity index (χ4n) is 1.32. The average molecular weight is 340 g/mol. The zero-order chi connectivity index (χ0) is 17.2. The summed E-state index contributed by atoms with van der Waals surface area (Å²) in [6.45, 7) is 2.88. The largest absolute Gasteiger partial charge is 0.391 e. The molecule has 0 heterocycles. The summed E-state index contributed by atoms with van der Waals surface area (Å²) in [7, 11) is 1.49. The lowest BCUT2D eigenvalue weighted by Crippen LogP contribution is -2.28. The lowest BCUT2D eigenvalue weighted by Gasteiger charge is -2.16. The van der Waals surface area contributed by atoms with Gasteiger partial charge in [0.1, 0.15) is 5.84 Å². The van der Waals surface area contributed by atoms with E-state index in [0.717, 1.165) is 6.92 Å². The minimum atomic E-state index is -4.29. The van der Waals surface area contributed by atoms with Gasteiger partial charge in [0.25, 0.3) is 0 Å². The molecule has 126 valence electrons. The van der Waals surface area contributed by atoms with Crippen molar-refractivity contribution in [2.45, 2.75) is 32.9 Å². The number of nitrogens with zero attached hydrogens (tertiary/aromatic N) is 1. The number of hydrogen-bond acceptors (Lipinski definition) is 2. The van der Waals surface area contributed by atoms with Gasteiger partial charge in [0.2, 0.25) is 5.91 Å². The SMILES string of the molecule is CNC(=O)CCN=C(CC(C)C(F)(F)F)N/C=C/C=C(C)Cl. The molecule has 0 aliphatic rings. The number of halogens is 4. The van der Waals surface area contributed by atoms with Gasteiger partial charge < -0.3 is 10.6 Å². The van der Waals surface area contributed by atoms with Gasteiger partial charge in [0.05, 0.1) is 5.92 Å². The quantitative estimate of drug-likeness (QED) is 0.424. The van der Waals surface area contributed by atoms with Crippen molar-refractivity contribution in [1.29, 1.82) is 0 Å². The average Bonchev–Trinajstić information content (AvgIpc) is 2.41. The Morgan fingerprint density at radius 2 is 2.05 bits per heavy atom. The smallest absolute Gasteiger partial charge is 0.359 e. The summed E-state index contributed by atoms with van der Waals surface area (Å²) in [6, 6.07) is 0. The summed E-state index contributed by atoms with van der Waals surface area (Å²) in [6.07, 6.45) is 0.143. The highest BCUT2D eigenvalue weighted by atomic mass is 35.5. The van der Waals surface area contributed by atoms with Crippen molar-refractivity contribution in [3.05, 3.63) is 23.4 Å². The van der Waals surface area contributed by atoms with Gasteiger partial charge in [-0.25, -0.2) is 0 Å². The Bertz CT molecular complexity index is 441. The zero-order valence-electron chi connectivity index (χ0n) is 12.8. The second-order valence-corrected chi connectivity index (χ2v) is 5.25. The molecule has 4 nitrogen and oxygen atoms in total. The van der Waals surface area contributed by atoms with E-state index in [9.17, 15) is 18.0 Å². The number of carbonyl (C=O) groups is 1. The maximum Gasteiger partial charge on any atom is 0.391 e. The van der Waals surface area contributed by atoms with Crippen LogP contribution in [0.2, 0.25) is 0 Å². The first kappa shape index (κ1) is 20.5. The Kier molecular flexibility index (Phi) is 9.56. The van der Waals surface area contributed by atoms with Crippen molar-refractivity contribution in [3.8, 4) is 0 Å². The number of allylic oxidation sites excluding steroid dienone is 3. The maximum atomic E-state index is 12.6. The lowest BCUT2D eigenvalue weighted by molar-refractivity contribution is -0.167. The predicted molar refractivity (Wildman–Crippen MR) is 82.7 cm³/mol. The Morgan fingerprint density at radius 1 is 1.41 bits per heavy atom. The van der Waals surface area contributed by atoms with Gasteiger partial charge in [0, 0.05) is 37.7 Å². The van der Waals surface area contributed by atoms with Crippen molar-refractivity contribution in [3.63, 3.8) is 0 Å². The van der Waals surface area contributed by atoms with Crippen molar-refractivity contribution >= 4 is 23.3 Å². The molecule has 0 spiro atoms. The highest BCUT2D eigenvalue weighted by Crippen LogP contribution is 2.28. The normalized spacial score (nSPS) is 15.0. The van der Waals surface area contributed by atoms with Gasteiger partial charge in [0.15, 0.2) is 0 Å². The van der Waals surface area contributed by atoms with Crippen LogP contribution in [0.4, 0.5) is 13.2 Å². The van der Waals surface area contributed by atoms with Crippen LogP contribution in [0, 0.1) is 5.92 Å². The monoisotopic (exact) mass is 339 g/mol. The molecule has 0 bridgehead atoms. The molecule has 1 unspecified atom stereocenters. The third-order valence-electron chi connectivity index (χ3n) is 2.65. The number of alkyl halides is 3. The number of hydrogen-bond donors (Lipinski definition) is 2. The minimum Gasteiger partial charge on any atom is -0.359 e. The molecule has 0 aromatic carbocycles. The van der Waals surface area contributed by atoms with Gasteiger partial charge in [-0.15, -0.1) is 0 Å². The van der Waals surface area contributed by atoms with Crippen molar-refractivity contribution in [1.82, 2.24) is 10.6 Å². The fourth-order valence-corrected chi connectivity index (χ4v) is 1.39. The molecule has 0 fully saturated rings. The molecule has 22 heavy (non-hydrogen) atoms. The minimum absolute atomic E-state index is 0.116. The van der Waals surface area contributed by atoms with Gasteiger partial charge in [-0.05, 0) is 19.1 Å². The van der Waals surface area contributed by atoms with E-state index in [1.54, 1.807) is 19.1 Å². The van der Waals surface area contributed by atoms with E-state index < -0.39 is 12.1 Å². The molecule has 0 saturated heterocycles. The number of nitrogens with one attached hydrogen (secondary N) is 2. The molecule has 0 aromatic heterocycles. The number of amidine groups is 1. The lowest BCUT2D eigenvalue weighted by atomic mass is 10.1. The van der Waals surface area contributed by atoms with E-state index in [1.807, 2.05) is 0 Å². The molecule has 0 radical (unpaired) electrons. The number of rotatable bonds is 7. The highest BCUT2D eigenvalue weighted by molar-refractivity contribution is 6.29. The van der Waals surface area contributed by atoms with Gasteiger partial charge in [-0.2, -0.15) is 13.2 Å². The first-order chi connectivity index (χ1) is 10.2. The maximum absolute atomic E-state index is 12.6. The Labute approximate surface area is 133 Å². The van der Waals surface area contributed by atoms with E-state index in [4.69, 9.17) is 11.6 Å². The summed E-state index contributed by atoms with van der Waals surface area (Å²) in [4.78, 5) is 15.1. The summed E-state index contributed by atoms with van der Waals surface area (Å²) in [5.74, 6) is -1.58. The standard InChI is InChI=1S/C14H21ClF3N3O/c1-10(14(16,17)18)9-12(20-7-4-5-11(2)15)21-8-6-13(22)19-3/h4-5,7,10H,6,8-9H2,1-3H3,(H,19,22)(H,20,21)/b7-4+,11-5?. The molecular weight excluding hydrogens is 319 g/mol. The van der Waals surface area contributed by atoms with Crippen LogP contribution in [-0.4, -0.2) is 31.5 Å². The molecule has 0 aliphatic carbocycles. The Balaban J connectivity index is 4.75. The number of carbonyl (C=O) groups excluding carboxylic acids is 1. The number of amides is 1. The second-order valence-electron chi connectivity index (χ2n) is 4.66. The molecule has 0 aliphatic heterocycles. The molecule has 2 N–H and O–H groups in total. The molecule has 0 saturated carbocycles. The number of aliphatic imine (C=N–C) groups is 1. The van der Waals surface area contributed by atoms with Gasteiger partial charge in [-0.3, -0.25) is 9.79 Å². The summed E-state index contributed by atoms with van der Waals surface area (Å²) >= 11 is 5.63. The topological polar surface area (TPSA) is 53.5 Å². The summed E-state index contributed by atoms with van der Waals surface area (Å²) in [5.41, 5.74) is 0. The van der Waals surface area contributed by atoms with E-state index in [2.05, 4.69) is 15.6 Å². The van der Waals surface area contributed by atoms with Crippen LogP contribution >= 0.6 is 11.6 Å². The molecule has 0 aromatic rings. The van der Waals surface area contributed by atoms with Gasteiger partial charge >= 0.3 is 6.18 Å². The van der Waals surface area contributed by atoms with Crippen molar-refractivity contribution in [2.24, 2.45) is 10.9 Å². The third kappa shape index (κ3) is 10.3. The van der Waals surface area contributed by atoms with E-state index in [1.165, 1.54) is 13.2 Å². The van der Waals surface area contributed by atoms with Crippen molar-refractivity contribution in [2.75, 3.05) is 13.6 Å². The van der Waals surface area contributed by atoms with Crippen LogP contribution in [0.5, 0.6) is 0 Å². The fraction of sp³-hybridized carbons (Fsp3) is 0.571. The molecule has 1 amide bonds. The van der Waals surface area contributed by atoms with Crippen LogP contribution in [0.1, 0.15) is 26.7 Å². The zero-order valence-corrected chi connectivity index (χ0v) is 13.6. The summed E-state index contributed by atoms with van der Waals surface area (Å²) < 4.78 is 37.9. The molecular formula is C14H21ClF3N3O. The van der Waals surface area contributed by atoms with Gasteiger partial charge in [-0.1, -0.05) is 18.5 Å². The third-order valence-corrected chi connectivity index (χ3v) is 2.78.